The van der Waals surface area contributed by atoms with Crippen LogP contribution in [0.2, 0.25) is 0 Å². The van der Waals surface area contributed by atoms with Gasteiger partial charge in [-0.1, -0.05) is 28.1 Å². The van der Waals surface area contributed by atoms with Gasteiger partial charge in [0.25, 0.3) is 0 Å². The van der Waals surface area contributed by atoms with Crippen LogP contribution in [0.15, 0.2) is 59.1 Å². The third-order valence-corrected chi connectivity index (χ3v) is 3.31. The summed E-state index contributed by atoms with van der Waals surface area (Å²) in [4.78, 5) is 22.2. The van der Waals surface area contributed by atoms with Crippen LogP contribution < -0.4 is 10.1 Å². The highest BCUT2D eigenvalue weighted by atomic mass is 79.9. The summed E-state index contributed by atoms with van der Waals surface area (Å²) < 4.78 is 5.99. The summed E-state index contributed by atoms with van der Waals surface area (Å²) in [5.41, 5.74) is 1.51. The molecule has 0 spiro atoms. The number of aliphatic carboxylic acids is 1. The Morgan fingerprint density at radius 1 is 1.09 bits per heavy atom. The van der Waals surface area contributed by atoms with Crippen molar-refractivity contribution >= 4 is 39.6 Å². The maximum atomic E-state index is 11.8. The van der Waals surface area contributed by atoms with E-state index in [4.69, 9.17) is 9.84 Å². The van der Waals surface area contributed by atoms with Gasteiger partial charge in [0.2, 0.25) is 5.91 Å². The molecule has 118 valence electrons. The molecule has 0 aliphatic carbocycles. The molecule has 2 rings (SSSR count). The Morgan fingerprint density at radius 2 is 1.74 bits per heavy atom. The Bertz CT molecular complexity index is 708. The number of carboxylic acid groups (broad SMARTS) is 1. The molecular formula is C17H14BrNO4. The Labute approximate surface area is 141 Å². The quantitative estimate of drug-likeness (QED) is 0.756. The highest BCUT2D eigenvalue weighted by Crippen LogP contribution is 2.16. The first-order valence-corrected chi connectivity index (χ1v) is 7.51. The van der Waals surface area contributed by atoms with Crippen molar-refractivity contribution in [3.05, 3.63) is 64.6 Å². The monoisotopic (exact) mass is 375 g/mol. The van der Waals surface area contributed by atoms with Crippen molar-refractivity contribution in [3.8, 4) is 5.75 Å². The summed E-state index contributed by atoms with van der Waals surface area (Å²) in [6.45, 7) is -0.401. The fraction of sp³-hybridized carbons (Fsp3) is 0.0588. The largest absolute Gasteiger partial charge is 0.482 e. The van der Waals surface area contributed by atoms with E-state index in [0.29, 0.717) is 11.4 Å². The standard InChI is InChI=1S/C17H14BrNO4/c18-13-4-1-12(2-5-13)3-10-16(20)19-14-6-8-15(9-7-14)23-11-17(21)22/h1-10H,11H2,(H,19,20)(H,21,22)/b10-3+. The average Bonchev–Trinajstić information content (AvgIpc) is 2.53. The van der Waals surface area contributed by atoms with Crippen LogP contribution in [0.1, 0.15) is 5.56 Å². The zero-order valence-electron chi connectivity index (χ0n) is 12.0. The molecule has 0 aliphatic heterocycles. The lowest BCUT2D eigenvalue weighted by molar-refractivity contribution is -0.139. The smallest absolute Gasteiger partial charge is 0.341 e. The number of hydrogen-bond acceptors (Lipinski definition) is 3. The van der Waals surface area contributed by atoms with E-state index >= 15 is 0 Å². The minimum Gasteiger partial charge on any atom is -0.482 e. The molecule has 0 heterocycles. The molecule has 6 heteroatoms. The van der Waals surface area contributed by atoms with Crippen LogP contribution in [-0.2, 0) is 9.59 Å². The minimum absolute atomic E-state index is 0.257. The Hall–Kier alpha value is -2.60. The number of anilines is 1. The maximum Gasteiger partial charge on any atom is 0.341 e. The van der Waals surface area contributed by atoms with Crippen LogP contribution in [0.25, 0.3) is 6.08 Å². The highest BCUT2D eigenvalue weighted by molar-refractivity contribution is 9.10. The van der Waals surface area contributed by atoms with E-state index in [2.05, 4.69) is 21.2 Å². The van der Waals surface area contributed by atoms with E-state index in [1.807, 2.05) is 24.3 Å². The number of carbonyl (C=O) groups excluding carboxylic acids is 1. The van der Waals surface area contributed by atoms with Gasteiger partial charge < -0.3 is 15.2 Å². The van der Waals surface area contributed by atoms with E-state index in [-0.39, 0.29) is 5.91 Å². The van der Waals surface area contributed by atoms with Gasteiger partial charge in [0.15, 0.2) is 6.61 Å². The molecule has 23 heavy (non-hydrogen) atoms. The van der Waals surface area contributed by atoms with Gasteiger partial charge in [0.1, 0.15) is 5.75 Å². The molecule has 0 fully saturated rings. The summed E-state index contributed by atoms with van der Waals surface area (Å²) >= 11 is 3.35. The second-order valence-electron chi connectivity index (χ2n) is 4.58. The van der Waals surface area contributed by atoms with Gasteiger partial charge >= 0.3 is 5.97 Å². The molecule has 0 bridgehead atoms. The molecule has 2 aromatic carbocycles. The molecule has 0 aliphatic rings. The van der Waals surface area contributed by atoms with Gasteiger partial charge in [0.05, 0.1) is 0 Å². The summed E-state index contributed by atoms with van der Waals surface area (Å²) in [5, 5.41) is 11.2. The fourth-order valence-electron chi connectivity index (χ4n) is 1.71. The Balaban J connectivity index is 1.89. The van der Waals surface area contributed by atoms with E-state index in [9.17, 15) is 9.59 Å². The van der Waals surface area contributed by atoms with Gasteiger partial charge in [-0.2, -0.15) is 0 Å². The Morgan fingerprint density at radius 3 is 2.35 bits per heavy atom. The highest BCUT2D eigenvalue weighted by Gasteiger charge is 2.01. The first kappa shape index (κ1) is 16.8. The minimum atomic E-state index is -1.04. The average molecular weight is 376 g/mol. The van der Waals surface area contributed by atoms with Crippen molar-refractivity contribution in [1.82, 2.24) is 0 Å². The van der Waals surface area contributed by atoms with Crippen molar-refractivity contribution in [2.45, 2.75) is 0 Å². The molecule has 0 atom stereocenters. The number of carbonyl (C=O) groups is 2. The van der Waals surface area contributed by atoms with Crippen molar-refractivity contribution in [1.29, 1.82) is 0 Å². The molecule has 0 unspecified atom stereocenters. The predicted octanol–water partition coefficient (Wildman–Crippen LogP) is 3.56. The lowest BCUT2D eigenvalue weighted by atomic mass is 10.2. The van der Waals surface area contributed by atoms with Gasteiger partial charge in [-0.25, -0.2) is 4.79 Å². The number of benzene rings is 2. The van der Waals surface area contributed by atoms with Gasteiger partial charge in [-0.15, -0.1) is 0 Å². The number of rotatable bonds is 6. The van der Waals surface area contributed by atoms with Crippen LogP contribution in [0, 0.1) is 0 Å². The molecular weight excluding hydrogens is 362 g/mol. The topological polar surface area (TPSA) is 75.6 Å². The SMILES string of the molecule is O=C(O)COc1ccc(NC(=O)/C=C/c2ccc(Br)cc2)cc1. The third kappa shape index (κ3) is 5.96. The molecule has 2 N–H and O–H groups in total. The van der Waals surface area contributed by atoms with Crippen molar-refractivity contribution < 1.29 is 19.4 Å². The van der Waals surface area contributed by atoms with Crippen LogP contribution in [0.3, 0.4) is 0 Å². The third-order valence-electron chi connectivity index (χ3n) is 2.78. The summed E-state index contributed by atoms with van der Waals surface area (Å²) in [6, 6.07) is 14.0. The van der Waals surface area contributed by atoms with Gasteiger partial charge in [-0.3, -0.25) is 4.79 Å². The van der Waals surface area contributed by atoms with Crippen LogP contribution in [0.4, 0.5) is 5.69 Å². The van der Waals surface area contributed by atoms with E-state index in [0.717, 1.165) is 10.0 Å². The number of hydrogen-bond donors (Lipinski definition) is 2. The van der Waals surface area contributed by atoms with Crippen molar-refractivity contribution in [3.63, 3.8) is 0 Å². The Kier molecular flexibility index (Phi) is 5.94. The molecule has 5 nitrogen and oxygen atoms in total. The molecule has 1 amide bonds. The van der Waals surface area contributed by atoms with Crippen LogP contribution >= 0.6 is 15.9 Å². The summed E-state index contributed by atoms with van der Waals surface area (Å²) in [5.74, 6) is -0.872. The van der Waals surface area contributed by atoms with Crippen molar-refractivity contribution in [2.24, 2.45) is 0 Å². The zero-order chi connectivity index (χ0) is 16.7. The number of ether oxygens (including phenoxy) is 1. The predicted molar refractivity (Wildman–Crippen MR) is 91.4 cm³/mol. The number of carboxylic acids is 1. The van der Waals surface area contributed by atoms with E-state index < -0.39 is 12.6 Å². The molecule has 2 aromatic rings. The summed E-state index contributed by atoms with van der Waals surface area (Å²) in [7, 11) is 0. The van der Waals surface area contributed by atoms with Crippen LogP contribution in [0.5, 0.6) is 5.75 Å². The lowest BCUT2D eigenvalue weighted by Crippen LogP contribution is -2.10. The number of amides is 1. The first-order chi connectivity index (χ1) is 11.0. The molecule has 0 saturated carbocycles. The second kappa shape index (κ2) is 8.14. The van der Waals surface area contributed by atoms with Gasteiger partial charge in [0, 0.05) is 16.2 Å². The zero-order valence-corrected chi connectivity index (χ0v) is 13.6. The van der Waals surface area contributed by atoms with E-state index in [1.54, 1.807) is 30.3 Å². The number of halogens is 1. The molecule has 0 aromatic heterocycles. The maximum absolute atomic E-state index is 11.8. The van der Waals surface area contributed by atoms with Gasteiger partial charge in [-0.05, 0) is 48.0 Å². The van der Waals surface area contributed by atoms with E-state index in [1.165, 1.54) is 6.08 Å². The molecule has 0 saturated heterocycles. The fourth-order valence-corrected chi connectivity index (χ4v) is 1.97. The number of nitrogens with one attached hydrogen (secondary N) is 1. The second-order valence-corrected chi connectivity index (χ2v) is 5.50. The summed E-state index contributed by atoms with van der Waals surface area (Å²) in [6.07, 6.45) is 3.16. The molecule has 0 radical (unpaired) electrons. The van der Waals surface area contributed by atoms with Crippen molar-refractivity contribution in [2.75, 3.05) is 11.9 Å². The van der Waals surface area contributed by atoms with Crippen LogP contribution in [-0.4, -0.2) is 23.6 Å². The lowest BCUT2D eigenvalue weighted by Gasteiger charge is -2.05. The normalized spacial score (nSPS) is 10.5. The first-order valence-electron chi connectivity index (χ1n) is 6.72.